The quantitative estimate of drug-likeness (QED) is 0.386. The average Bonchev–Trinajstić information content (AvgIpc) is 1.69. The summed E-state index contributed by atoms with van der Waals surface area (Å²) in [6.45, 7) is 5.54. The number of hydrogen-bond donors (Lipinski definition) is 0. The van der Waals surface area contributed by atoms with Crippen LogP contribution in [0.5, 0.6) is 0 Å². The monoisotopic (exact) mass is 100 g/mol. The molecule has 7 heavy (non-hydrogen) atoms. The molecule has 0 aliphatic carbocycles. The van der Waals surface area contributed by atoms with Crippen LogP contribution in [0.1, 0.15) is 13.8 Å². The average molecular weight is 100 g/mol. The van der Waals surface area contributed by atoms with E-state index in [9.17, 15) is 0 Å². The molecule has 0 unspecified atom stereocenters. The van der Waals surface area contributed by atoms with Gasteiger partial charge in [0, 0.05) is 6.61 Å². The van der Waals surface area contributed by atoms with Gasteiger partial charge in [0.15, 0.2) is 0 Å². The lowest BCUT2D eigenvalue weighted by atomic mass is 10.5. The van der Waals surface area contributed by atoms with Gasteiger partial charge in [-0.05, 0) is 13.8 Å². The first-order valence-electron chi connectivity index (χ1n) is 2.60. The summed E-state index contributed by atoms with van der Waals surface area (Å²) in [7, 11) is 0. The maximum absolute atomic E-state index is 4.99. The standard InChI is InChI=1S/C6H12O/c1-3-5-6-7-4-2/h3,5H,4,6H2,1-2H3. The van der Waals surface area contributed by atoms with Crippen LogP contribution in [0, 0.1) is 0 Å². The lowest BCUT2D eigenvalue weighted by Gasteiger charge is -1.89. The highest BCUT2D eigenvalue weighted by molar-refractivity contribution is 4.75. The molecule has 0 heterocycles. The Morgan fingerprint density at radius 3 is 2.71 bits per heavy atom. The molecule has 0 aromatic heterocycles. The minimum Gasteiger partial charge on any atom is -0.378 e. The molecule has 0 N–H and O–H groups in total. The van der Waals surface area contributed by atoms with Gasteiger partial charge in [0.25, 0.3) is 0 Å². The van der Waals surface area contributed by atoms with Crippen LogP contribution in [0.25, 0.3) is 0 Å². The van der Waals surface area contributed by atoms with Crippen molar-refractivity contribution in [2.75, 3.05) is 13.2 Å². The molecule has 1 nitrogen and oxygen atoms in total. The van der Waals surface area contributed by atoms with Crippen molar-refractivity contribution in [2.45, 2.75) is 13.8 Å². The highest BCUT2D eigenvalue weighted by Gasteiger charge is 1.69. The van der Waals surface area contributed by atoms with Crippen molar-refractivity contribution in [1.29, 1.82) is 0 Å². The predicted octanol–water partition coefficient (Wildman–Crippen LogP) is 1.60. The number of rotatable bonds is 3. The van der Waals surface area contributed by atoms with Crippen molar-refractivity contribution in [2.24, 2.45) is 0 Å². The summed E-state index contributed by atoms with van der Waals surface area (Å²) in [6.07, 6.45) is 3.97. The van der Waals surface area contributed by atoms with E-state index in [1.165, 1.54) is 0 Å². The molecule has 0 fully saturated rings. The first kappa shape index (κ1) is 6.70. The first-order chi connectivity index (χ1) is 3.41. The molecule has 0 saturated carbocycles. The molecule has 0 aliphatic rings. The summed E-state index contributed by atoms with van der Waals surface area (Å²) in [6, 6.07) is 0. The summed E-state index contributed by atoms with van der Waals surface area (Å²) in [4.78, 5) is 0. The SMILES string of the molecule is CC=CCOCC. The lowest BCUT2D eigenvalue weighted by molar-refractivity contribution is 0.177. The second-order valence-corrected chi connectivity index (χ2v) is 1.23. The van der Waals surface area contributed by atoms with Gasteiger partial charge in [0.05, 0.1) is 6.61 Å². The van der Waals surface area contributed by atoms with Crippen molar-refractivity contribution < 1.29 is 4.74 Å². The zero-order valence-electron chi connectivity index (χ0n) is 4.98. The van der Waals surface area contributed by atoms with Crippen LogP contribution in [-0.2, 0) is 4.74 Å². The fourth-order valence-corrected chi connectivity index (χ4v) is 0.282. The number of hydrogen-bond acceptors (Lipinski definition) is 1. The van der Waals surface area contributed by atoms with Gasteiger partial charge in [-0.3, -0.25) is 0 Å². The zero-order valence-corrected chi connectivity index (χ0v) is 4.98. The molecule has 0 radical (unpaired) electrons. The fraction of sp³-hybridized carbons (Fsp3) is 0.667. The topological polar surface area (TPSA) is 9.23 Å². The predicted molar refractivity (Wildman–Crippen MR) is 31.3 cm³/mol. The van der Waals surface area contributed by atoms with Crippen molar-refractivity contribution in [1.82, 2.24) is 0 Å². The van der Waals surface area contributed by atoms with Gasteiger partial charge in [-0.1, -0.05) is 12.2 Å². The lowest BCUT2D eigenvalue weighted by Crippen LogP contribution is -1.86. The Balaban J connectivity index is 2.69. The minimum absolute atomic E-state index is 0.757. The zero-order chi connectivity index (χ0) is 5.54. The van der Waals surface area contributed by atoms with Crippen LogP contribution in [0.4, 0.5) is 0 Å². The van der Waals surface area contributed by atoms with E-state index in [0.29, 0.717) is 0 Å². The molecule has 1 heteroatoms. The van der Waals surface area contributed by atoms with Gasteiger partial charge >= 0.3 is 0 Å². The van der Waals surface area contributed by atoms with Gasteiger partial charge in [-0.25, -0.2) is 0 Å². The van der Waals surface area contributed by atoms with Crippen LogP contribution < -0.4 is 0 Å². The van der Waals surface area contributed by atoms with Gasteiger partial charge in [-0.2, -0.15) is 0 Å². The van der Waals surface area contributed by atoms with Crippen molar-refractivity contribution >= 4 is 0 Å². The van der Waals surface area contributed by atoms with E-state index in [0.717, 1.165) is 13.2 Å². The third kappa shape index (κ3) is 5.70. The molecule has 0 spiro atoms. The highest BCUT2D eigenvalue weighted by Crippen LogP contribution is 1.73. The van der Waals surface area contributed by atoms with Crippen molar-refractivity contribution in [3.63, 3.8) is 0 Å². The Hall–Kier alpha value is -0.300. The van der Waals surface area contributed by atoms with Crippen LogP contribution in [-0.4, -0.2) is 13.2 Å². The molecule has 0 bridgehead atoms. The summed E-state index contributed by atoms with van der Waals surface area (Å²) in [5.41, 5.74) is 0. The van der Waals surface area contributed by atoms with Crippen LogP contribution in [0.15, 0.2) is 12.2 Å². The van der Waals surface area contributed by atoms with E-state index in [2.05, 4.69) is 0 Å². The summed E-state index contributed by atoms with van der Waals surface area (Å²) < 4.78 is 4.99. The maximum atomic E-state index is 4.99. The number of ether oxygens (including phenoxy) is 1. The van der Waals surface area contributed by atoms with Crippen molar-refractivity contribution in [3.8, 4) is 0 Å². The third-order valence-electron chi connectivity index (χ3n) is 0.654. The third-order valence-corrected chi connectivity index (χ3v) is 0.654. The van der Waals surface area contributed by atoms with E-state index in [-0.39, 0.29) is 0 Å². The molecule has 0 amide bonds. The second-order valence-electron chi connectivity index (χ2n) is 1.23. The molecule has 0 aliphatic heterocycles. The van der Waals surface area contributed by atoms with Gasteiger partial charge in [-0.15, -0.1) is 0 Å². The number of allylic oxidation sites excluding steroid dienone is 1. The molecule has 0 aromatic carbocycles. The molecule has 0 aromatic rings. The molecule has 0 atom stereocenters. The Morgan fingerprint density at radius 2 is 2.29 bits per heavy atom. The molecule has 0 saturated heterocycles. The van der Waals surface area contributed by atoms with E-state index in [4.69, 9.17) is 4.74 Å². The van der Waals surface area contributed by atoms with Gasteiger partial charge < -0.3 is 4.74 Å². The van der Waals surface area contributed by atoms with Gasteiger partial charge in [0.2, 0.25) is 0 Å². The first-order valence-corrected chi connectivity index (χ1v) is 2.60. The Kier molecular flexibility index (Phi) is 5.46. The summed E-state index contributed by atoms with van der Waals surface area (Å²) in [5.74, 6) is 0. The smallest absolute Gasteiger partial charge is 0.0647 e. The molecular formula is C6H12O. The normalized spacial score (nSPS) is 10.6. The van der Waals surface area contributed by atoms with E-state index in [1.54, 1.807) is 0 Å². The molecule has 0 rings (SSSR count). The minimum atomic E-state index is 0.757. The van der Waals surface area contributed by atoms with E-state index < -0.39 is 0 Å². The molecule has 42 valence electrons. The maximum Gasteiger partial charge on any atom is 0.0647 e. The molecular weight excluding hydrogens is 88.1 g/mol. The fourth-order valence-electron chi connectivity index (χ4n) is 0.282. The Bertz CT molecular complexity index is 48.1. The Labute approximate surface area is 45.0 Å². The Morgan fingerprint density at radius 1 is 1.57 bits per heavy atom. The second kappa shape index (κ2) is 5.70. The highest BCUT2D eigenvalue weighted by atomic mass is 16.5. The van der Waals surface area contributed by atoms with Crippen LogP contribution in [0.2, 0.25) is 0 Å². The van der Waals surface area contributed by atoms with E-state index in [1.807, 2.05) is 26.0 Å². The van der Waals surface area contributed by atoms with Crippen LogP contribution in [0.3, 0.4) is 0 Å². The summed E-state index contributed by atoms with van der Waals surface area (Å²) in [5, 5.41) is 0. The largest absolute Gasteiger partial charge is 0.378 e. The summed E-state index contributed by atoms with van der Waals surface area (Å²) >= 11 is 0. The van der Waals surface area contributed by atoms with Gasteiger partial charge in [0.1, 0.15) is 0 Å². The van der Waals surface area contributed by atoms with Crippen molar-refractivity contribution in [3.05, 3.63) is 12.2 Å². The van der Waals surface area contributed by atoms with Crippen LogP contribution >= 0.6 is 0 Å². The van der Waals surface area contributed by atoms with E-state index >= 15 is 0 Å².